The number of benzene rings is 4. The summed E-state index contributed by atoms with van der Waals surface area (Å²) in [6, 6.07) is 35.0. The Labute approximate surface area is 219 Å². The van der Waals surface area contributed by atoms with Crippen LogP contribution in [0.3, 0.4) is 0 Å². The van der Waals surface area contributed by atoms with Crippen LogP contribution in [0, 0.1) is 0 Å². The first-order valence-corrected chi connectivity index (χ1v) is 12.8. The van der Waals surface area contributed by atoms with Gasteiger partial charge in [0.05, 0.1) is 11.2 Å². The Morgan fingerprint density at radius 2 is 1.30 bits per heavy atom. The Morgan fingerprint density at radius 1 is 0.730 bits per heavy atom. The van der Waals surface area contributed by atoms with E-state index in [0.717, 1.165) is 33.3 Å². The maximum absolute atomic E-state index is 14.1. The van der Waals surface area contributed by atoms with Crippen molar-refractivity contribution < 1.29 is 4.79 Å². The number of nitrogens with zero attached hydrogens (tertiary/aromatic N) is 1. The van der Waals surface area contributed by atoms with Gasteiger partial charge < -0.3 is 5.32 Å². The molecule has 0 aliphatic carbocycles. The Hall–Kier alpha value is -4.24. The quantitative estimate of drug-likeness (QED) is 0.266. The average molecular weight is 485 g/mol. The standard InChI is InChI=1S/C34H32N2O/c1-34(2,3)29-22-27(20-24-12-6-4-7-13-24)31(28(23-29)21-25-14-8-5-9-15-25)33(37)36-30-18-10-16-26-17-11-19-35-32(26)30/h4-19,22-23H,20-21H2,1-3H3,(H,36,37). The van der Waals surface area contributed by atoms with Crippen LogP contribution >= 0.6 is 0 Å². The molecule has 0 saturated carbocycles. The van der Waals surface area contributed by atoms with Crippen molar-refractivity contribution in [2.24, 2.45) is 0 Å². The van der Waals surface area contributed by atoms with E-state index in [1.54, 1.807) is 6.20 Å². The summed E-state index contributed by atoms with van der Waals surface area (Å²) in [5.41, 5.74) is 7.87. The zero-order valence-electron chi connectivity index (χ0n) is 21.7. The predicted octanol–water partition coefficient (Wildman–Crippen LogP) is 7.97. The van der Waals surface area contributed by atoms with Crippen molar-refractivity contribution in [3.63, 3.8) is 0 Å². The lowest BCUT2D eigenvalue weighted by atomic mass is 9.81. The molecule has 0 atom stereocenters. The molecule has 1 aromatic heterocycles. The number of nitrogens with one attached hydrogen (secondary N) is 1. The van der Waals surface area contributed by atoms with Crippen molar-refractivity contribution in [3.8, 4) is 0 Å². The fraction of sp³-hybridized carbons (Fsp3) is 0.176. The van der Waals surface area contributed by atoms with Crippen LogP contribution in [0.1, 0.15) is 58.9 Å². The molecule has 184 valence electrons. The van der Waals surface area contributed by atoms with Crippen LogP contribution in [0.2, 0.25) is 0 Å². The third-order valence-electron chi connectivity index (χ3n) is 6.75. The summed E-state index contributed by atoms with van der Waals surface area (Å²) in [7, 11) is 0. The first-order valence-electron chi connectivity index (χ1n) is 12.8. The predicted molar refractivity (Wildman–Crippen MR) is 153 cm³/mol. The third kappa shape index (κ3) is 5.62. The van der Waals surface area contributed by atoms with Gasteiger partial charge in [-0.3, -0.25) is 9.78 Å². The van der Waals surface area contributed by atoms with Gasteiger partial charge in [0.1, 0.15) is 0 Å². The van der Waals surface area contributed by atoms with Gasteiger partial charge in [-0.15, -0.1) is 0 Å². The first kappa shape index (κ1) is 24.5. The van der Waals surface area contributed by atoms with Crippen LogP contribution < -0.4 is 5.32 Å². The van der Waals surface area contributed by atoms with Crippen molar-refractivity contribution in [1.29, 1.82) is 0 Å². The van der Waals surface area contributed by atoms with Gasteiger partial charge in [-0.1, -0.05) is 112 Å². The normalized spacial score (nSPS) is 11.4. The van der Waals surface area contributed by atoms with Crippen molar-refractivity contribution >= 4 is 22.5 Å². The van der Waals surface area contributed by atoms with Crippen LogP contribution in [0.15, 0.2) is 109 Å². The van der Waals surface area contributed by atoms with Gasteiger partial charge in [-0.25, -0.2) is 0 Å². The van der Waals surface area contributed by atoms with E-state index in [4.69, 9.17) is 0 Å². The van der Waals surface area contributed by atoms with Crippen molar-refractivity contribution in [1.82, 2.24) is 4.98 Å². The molecular formula is C34H32N2O. The van der Waals surface area contributed by atoms with E-state index in [0.29, 0.717) is 12.8 Å². The molecule has 0 aliphatic heterocycles. The van der Waals surface area contributed by atoms with Crippen molar-refractivity contribution in [2.45, 2.75) is 39.0 Å². The molecule has 1 N–H and O–H groups in total. The summed E-state index contributed by atoms with van der Waals surface area (Å²) in [6.07, 6.45) is 3.13. The van der Waals surface area contributed by atoms with Crippen molar-refractivity contribution in [2.75, 3.05) is 5.32 Å². The zero-order valence-corrected chi connectivity index (χ0v) is 21.7. The van der Waals surface area contributed by atoms with E-state index >= 15 is 0 Å². The maximum Gasteiger partial charge on any atom is 0.256 e. The summed E-state index contributed by atoms with van der Waals surface area (Å²) in [5.74, 6) is -0.101. The molecule has 3 nitrogen and oxygen atoms in total. The number of carbonyl (C=O) groups is 1. The lowest BCUT2D eigenvalue weighted by Gasteiger charge is -2.24. The number of rotatable bonds is 6. The first-order chi connectivity index (χ1) is 17.9. The van der Waals surface area contributed by atoms with Gasteiger partial charge in [-0.05, 0) is 58.2 Å². The minimum Gasteiger partial charge on any atom is -0.320 e. The van der Waals surface area contributed by atoms with E-state index in [1.807, 2.05) is 42.5 Å². The molecule has 37 heavy (non-hydrogen) atoms. The molecule has 0 fully saturated rings. The molecule has 0 bridgehead atoms. The number of aromatic nitrogens is 1. The summed E-state index contributed by atoms with van der Waals surface area (Å²) in [4.78, 5) is 18.6. The molecule has 0 aliphatic rings. The van der Waals surface area contributed by atoms with E-state index < -0.39 is 0 Å². The topological polar surface area (TPSA) is 42.0 Å². The largest absolute Gasteiger partial charge is 0.320 e. The summed E-state index contributed by atoms with van der Waals surface area (Å²) >= 11 is 0. The van der Waals surface area contributed by atoms with E-state index in [-0.39, 0.29) is 11.3 Å². The lowest BCUT2D eigenvalue weighted by Crippen LogP contribution is -2.20. The third-order valence-corrected chi connectivity index (χ3v) is 6.75. The number of pyridine rings is 1. The van der Waals surface area contributed by atoms with Crippen LogP contribution in [0.4, 0.5) is 5.69 Å². The van der Waals surface area contributed by atoms with Gasteiger partial charge in [0.25, 0.3) is 5.91 Å². The van der Waals surface area contributed by atoms with Crippen LogP contribution in [-0.4, -0.2) is 10.9 Å². The number of fused-ring (bicyclic) bond motifs is 1. The molecule has 5 aromatic rings. The smallest absolute Gasteiger partial charge is 0.256 e. The fourth-order valence-corrected chi connectivity index (χ4v) is 4.79. The Balaban J connectivity index is 1.65. The molecular weight excluding hydrogens is 452 g/mol. The van der Waals surface area contributed by atoms with Crippen LogP contribution in [0.5, 0.6) is 0 Å². The summed E-state index contributed by atoms with van der Waals surface area (Å²) < 4.78 is 0. The second kappa shape index (κ2) is 10.4. The molecule has 0 saturated heterocycles. The summed E-state index contributed by atoms with van der Waals surface area (Å²) in [6.45, 7) is 6.67. The molecule has 1 amide bonds. The van der Waals surface area contributed by atoms with Crippen LogP contribution in [0.25, 0.3) is 10.9 Å². The maximum atomic E-state index is 14.1. The Morgan fingerprint density at radius 3 is 1.86 bits per heavy atom. The van der Waals surface area contributed by atoms with Gasteiger partial charge in [-0.2, -0.15) is 0 Å². The highest BCUT2D eigenvalue weighted by atomic mass is 16.1. The second-order valence-corrected chi connectivity index (χ2v) is 10.6. The minimum absolute atomic E-state index is 0.0502. The minimum atomic E-state index is -0.101. The van der Waals surface area contributed by atoms with Crippen molar-refractivity contribution in [3.05, 3.63) is 143 Å². The lowest BCUT2D eigenvalue weighted by molar-refractivity contribution is 0.102. The number of hydrogen-bond acceptors (Lipinski definition) is 2. The Kier molecular flexibility index (Phi) is 6.87. The highest BCUT2D eigenvalue weighted by molar-refractivity contribution is 6.10. The van der Waals surface area contributed by atoms with E-state index in [1.165, 1.54) is 16.7 Å². The van der Waals surface area contributed by atoms with Crippen LogP contribution in [-0.2, 0) is 18.3 Å². The molecule has 1 heterocycles. The van der Waals surface area contributed by atoms with Gasteiger partial charge in [0.2, 0.25) is 0 Å². The van der Waals surface area contributed by atoms with Gasteiger partial charge >= 0.3 is 0 Å². The fourth-order valence-electron chi connectivity index (χ4n) is 4.79. The molecule has 4 aromatic carbocycles. The molecule has 0 spiro atoms. The zero-order chi connectivity index (χ0) is 25.8. The molecule has 3 heteroatoms. The van der Waals surface area contributed by atoms with Gasteiger partial charge in [0, 0.05) is 17.1 Å². The summed E-state index contributed by atoms with van der Waals surface area (Å²) in [5, 5.41) is 4.21. The highest BCUT2D eigenvalue weighted by Gasteiger charge is 2.23. The van der Waals surface area contributed by atoms with E-state index in [2.05, 4.69) is 91.7 Å². The highest BCUT2D eigenvalue weighted by Crippen LogP contribution is 2.31. The number of para-hydroxylation sites is 1. The van der Waals surface area contributed by atoms with Gasteiger partial charge in [0.15, 0.2) is 0 Å². The molecule has 5 rings (SSSR count). The number of amides is 1. The SMILES string of the molecule is CC(C)(C)c1cc(Cc2ccccc2)c(C(=O)Nc2cccc3cccnc23)c(Cc2ccccc2)c1. The van der Waals surface area contributed by atoms with E-state index in [9.17, 15) is 4.79 Å². The number of anilines is 1. The Bertz CT molecular complexity index is 1470. The number of carbonyl (C=O) groups excluding carboxylic acids is 1. The second-order valence-electron chi connectivity index (χ2n) is 10.6. The monoisotopic (exact) mass is 484 g/mol. The molecule has 0 unspecified atom stereocenters. The average Bonchev–Trinajstić information content (AvgIpc) is 2.89. The number of hydrogen-bond donors (Lipinski definition) is 1. The molecule has 0 radical (unpaired) electrons.